The molecule has 0 unspecified atom stereocenters. The summed E-state index contributed by atoms with van der Waals surface area (Å²) in [7, 11) is 0. The van der Waals surface area contributed by atoms with Gasteiger partial charge in [0.15, 0.2) is 6.61 Å². The van der Waals surface area contributed by atoms with Crippen LogP contribution < -0.4 is 10.1 Å². The molecule has 0 atom stereocenters. The van der Waals surface area contributed by atoms with E-state index in [9.17, 15) is 14.0 Å². The molecule has 1 N–H and O–H groups in total. The van der Waals surface area contributed by atoms with Crippen LogP contribution in [-0.4, -0.2) is 31.6 Å². The number of hydrogen-bond acceptors (Lipinski definition) is 4. The Morgan fingerprint density at radius 3 is 2.36 bits per heavy atom. The minimum Gasteiger partial charge on any atom is -0.492 e. The second-order valence-corrected chi connectivity index (χ2v) is 6.88. The van der Waals surface area contributed by atoms with Gasteiger partial charge >= 0.3 is 5.97 Å². The molecule has 2 aromatic carbocycles. The van der Waals surface area contributed by atoms with Crippen LogP contribution in [0.5, 0.6) is 5.75 Å². The summed E-state index contributed by atoms with van der Waals surface area (Å²) >= 11 is 0. The molecular formula is C22H24FNO4. The van der Waals surface area contributed by atoms with Crippen molar-refractivity contribution in [1.29, 1.82) is 0 Å². The first-order valence-corrected chi connectivity index (χ1v) is 9.48. The van der Waals surface area contributed by atoms with E-state index in [2.05, 4.69) is 5.32 Å². The lowest BCUT2D eigenvalue weighted by atomic mass is 9.79. The molecule has 3 rings (SSSR count). The summed E-state index contributed by atoms with van der Waals surface area (Å²) in [4.78, 5) is 24.7. The molecule has 1 amide bonds. The van der Waals surface area contributed by atoms with Gasteiger partial charge in [0, 0.05) is 0 Å². The van der Waals surface area contributed by atoms with E-state index >= 15 is 0 Å². The van der Waals surface area contributed by atoms with E-state index in [0.717, 1.165) is 24.2 Å². The highest BCUT2D eigenvalue weighted by atomic mass is 19.1. The fraction of sp³-hybridized carbons (Fsp3) is 0.364. The number of ether oxygens (including phenoxy) is 2. The van der Waals surface area contributed by atoms with Crippen LogP contribution in [0.1, 0.15) is 31.2 Å². The maximum atomic E-state index is 13.2. The van der Waals surface area contributed by atoms with Crippen LogP contribution >= 0.6 is 0 Å². The maximum Gasteiger partial charge on any atom is 0.317 e. The van der Waals surface area contributed by atoms with Crippen LogP contribution in [0.4, 0.5) is 4.39 Å². The third-order valence-corrected chi connectivity index (χ3v) is 5.02. The van der Waals surface area contributed by atoms with E-state index in [0.29, 0.717) is 26.0 Å². The van der Waals surface area contributed by atoms with Crippen LogP contribution in [0.2, 0.25) is 0 Å². The summed E-state index contributed by atoms with van der Waals surface area (Å²) in [5.74, 6) is -0.419. The summed E-state index contributed by atoms with van der Waals surface area (Å²) in [5, 5.41) is 2.67. The molecule has 0 aromatic heterocycles. The Balaban J connectivity index is 1.46. The van der Waals surface area contributed by atoms with Crippen LogP contribution in [0, 0.1) is 5.82 Å². The second-order valence-electron chi connectivity index (χ2n) is 6.88. The van der Waals surface area contributed by atoms with Crippen molar-refractivity contribution in [3.8, 4) is 5.75 Å². The molecule has 0 spiro atoms. The first-order chi connectivity index (χ1) is 13.6. The molecule has 28 heavy (non-hydrogen) atoms. The summed E-state index contributed by atoms with van der Waals surface area (Å²) < 4.78 is 24.0. The van der Waals surface area contributed by atoms with Crippen molar-refractivity contribution >= 4 is 11.9 Å². The predicted octanol–water partition coefficient (Wildman–Crippen LogP) is 3.38. The van der Waals surface area contributed by atoms with Gasteiger partial charge in [-0.2, -0.15) is 0 Å². The van der Waals surface area contributed by atoms with Crippen molar-refractivity contribution in [3.63, 3.8) is 0 Å². The molecule has 2 aromatic rings. The molecule has 6 heteroatoms. The number of benzene rings is 2. The average molecular weight is 385 g/mol. The number of rotatable bonds is 8. The molecular weight excluding hydrogens is 361 g/mol. The number of carbonyl (C=O) groups is 2. The summed E-state index contributed by atoms with van der Waals surface area (Å²) in [6.45, 7) is 0.296. The van der Waals surface area contributed by atoms with Crippen LogP contribution in [0.15, 0.2) is 54.6 Å². The Morgan fingerprint density at radius 1 is 1.00 bits per heavy atom. The van der Waals surface area contributed by atoms with Gasteiger partial charge < -0.3 is 14.8 Å². The molecule has 5 nitrogen and oxygen atoms in total. The summed E-state index contributed by atoms with van der Waals surface area (Å²) in [5.41, 5.74) is -0.0437. The van der Waals surface area contributed by atoms with Gasteiger partial charge in [0.2, 0.25) is 0 Å². The smallest absolute Gasteiger partial charge is 0.317 e. The monoisotopic (exact) mass is 385 g/mol. The largest absolute Gasteiger partial charge is 0.492 e. The first kappa shape index (κ1) is 19.9. The Kier molecular flexibility index (Phi) is 6.63. The zero-order valence-electron chi connectivity index (χ0n) is 15.7. The van der Waals surface area contributed by atoms with Crippen molar-refractivity contribution in [2.24, 2.45) is 0 Å². The van der Waals surface area contributed by atoms with E-state index in [4.69, 9.17) is 9.47 Å². The zero-order valence-corrected chi connectivity index (χ0v) is 15.7. The van der Waals surface area contributed by atoms with Crippen molar-refractivity contribution in [1.82, 2.24) is 5.32 Å². The Hall–Kier alpha value is -2.89. The van der Waals surface area contributed by atoms with Gasteiger partial charge in [-0.1, -0.05) is 43.2 Å². The topological polar surface area (TPSA) is 64.6 Å². The second kappa shape index (κ2) is 9.35. The Labute approximate surface area is 163 Å². The third kappa shape index (κ3) is 4.88. The quantitative estimate of drug-likeness (QED) is 0.559. The SMILES string of the molecule is O=C(COC(=O)C1(c2ccc(F)cc2)CCCC1)NCCOc1ccccc1. The summed E-state index contributed by atoms with van der Waals surface area (Å²) in [6, 6.07) is 15.3. The number of para-hydroxylation sites is 1. The van der Waals surface area contributed by atoms with E-state index in [-0.39, 0.29) is 18.3 Å². The average Bonchev–Trinajstić information content (AvgIpc) is 3.22. The van der Waals surface area contributed by atoms with Gasteiger partial charge in [-0.25, -0.2) is 4.39 Å². The molecule has 0 aliphatic heterocycles. The van der Waals surface area contributed by atoms with Gasteiger partial charge in [0.25, 0.3) is 5.91 Å². The van der Waals surface area contributed by atoms with Crippen LogP contribution in [0.3, 0.4) is 0 Å². The lowest BCUT2D eigenvalue weighted by molar-refractivity contribution is -0.154. The highest BCUT2D eigenvalue weighted by Crippen LogP contribution is 2.42. The van der Waals surface area contributed by atoms with Gasteiger partial charge in [-0.05, 0) is 42.7 Å². The molecule has 1 aliphatic rings. The van der Waals surface area contributed by atoms with Crippen molar-refractivity contribution in [2.75, 3.05) is 19.8 Å². The van der Waals surface area contributed by atoms with Gasteiger partial charge in [0.1, 0.15) is 18.2 Å². The Morgan fingerprint density at radius 2 is 1.68 bits per heavy atom. The number of hydrogen-bond donors (Lipinski definition) is 1. The van der Waals surface area contributed by atoms with E-state index in [1.165, 1.54) is 12.1 Å². The first-order valence-electron chi connectivity index (χ1n) is 9.48. The number of nitrogens with one attached hydrogen (secondary N) is 1. The molecule has 0 radical (unpaired) electrons. The molecule has 148 valence electrons. The molecule has 1 fully saturated rings. The molecule has 1 saturated carbocycles. The Bertz CT molecular complexity index is 786. The molecule has 0 bridgehead atoms. The molecule has 1 aliphatic carbocycles. The standard InChI is InChI=1S/C22H24FNO4/c23-18-10-8-17(9-11-18)22(12-4-5-13-22)21(26)28-16-20(25)24-14-15-27-19-6-2-1-3-7-19/h1-3,6-11H,4-5,12-16H2,(H,24,25). The number of carbonyl (C=O) groups excluding carboxylic acids is 2. The van der Waals surface area contributed by atoms with Gasteiger partial charge in [-0.3, -0.25) is 9.59 Å². The van der Waals surface area contributed by atoms with E-state index < -0.39 is 11.4 Å². The van der Waals surface area contributed by atoms with Crippen molar-refractivity contribution in [3.05, 3.63) is 66.0 Å². The highest BCUT2D eigenvalue weighted by molar-refractivity contribution is 5.86. The molecule has 0 heterocycles. The van der Waals surface area contributed by atoms with Crippen molar-refractivity contribution < 1.29 is 23.5 Å². The van der Waals surface area contributed by atoms with Crippen LogP contribution in [0.25, 0.3) is 0 Å². The van der Waals surface area contributed by atoms with E-state index in [1.54, 1.807) is 12.1 Å². The number of esters is 1. The van der Waals surface area contributed by atoms with Gasteiger partial charge in [-0.15, -0.1) is 0 Å². The zero-order chi connectivity index (χ0) is 19.8. The minimum atomic E-state index is -0.787. The highest BCUT2D eigenvalue weighted by Gasteiger charge is 2.44. The lowest BCUT2D eigenvalue weighted by Gasteiger charge is -2.27. The fourth-order valence-corrected chi connectivity index (χ4v) is 3.55. The summed E-state index contributed by atoms with van der Waals surface area (Å²) in [6.07, 6.45) is 3.08. The third-order valence-electron chi connectivity index (χ3n) is 5.02. The fourth-order valence-electron chi connectivity index (χ4n) is 3.55. The normalized spacial score (nSPS) is 15.0. The van der Waals surface area contributed by atoms with E-state index in [1.807, 2.05) is 30.3 Å². The number of halogens is 1. The van der Waals surface area contributed by atoms with Crippen LogP contribution in [-0.2, 0) is 19.7 Å². The lowest BCUT2D eigenvalue weighted by Crippen LogP contribution is -2.38. The number of amides is 1. The minimum absolute atomic E-state index is 0.314. The van der Waals surface area contributed by atoms with Crippen molar-refractivity contribution in [2.45, 2.75) is 31.1 Å². The molecule has 0 saturated heterocycles. The maximum absolute atomic E-state index is 13.2. The van der Waals surface area contributed by atoms with Gasteiger partial charge in [0.05, 0.1) is 12.0 Å². The predicted molar refractivity (Wildman–Crippen MR) is 102 cm³/mol.